The molecule has 0 bridgehead atoms. The molecule has 0 amide bonds. The molecule has 1 saturated heterocycles. The summed E-state index contributed by atoms with van der Waals surface area (Å²) in [5, 5.41) is 11.3. The highest BCUT2D eigenvalue weighted by molar-refractivity contribution is 6.00. The summed E-state index contributed by atoms with van der Waals surface area (Å²) in [6.07, 6.45) is 0.638. The van der Waals surface area contributed by atoms with Crippen LogP contribution in [-0.2, 0) is 16.0 Å². The van der Waals surface area contributed by atoms with Gasteiger partial charge in [0.15, 0.2) is 17.3 Å². The van der Waals surface area contributed by atoms with E-state index in [2.05, 4.69) is 0 Å². The summed E-state index contributed by atoms with van der Waals surface area (Å²) >= 11 is 0. The molecule has 4 atom stereocenters. The van der Waals surface area contributed by atoms with Gasteiger partial charge in [-0.05, 0) is 35.2 Å². The van der Waals surface area contributed by atoms with Crippen molar-refractivity contribution in [2.24, 2.45) is 5.92 Å². The van der Waals surface area contributed by atoms with Crippen molar-refractivity contribution in [3.63, 3.8) is 0 Å². The molecule has 9 nitrogen and oxygen atoms in total. The highest BCUT2D eigenvalue weighted by Crippen LogP contribution is 2.54. The number of fused-ring (bicyclic) bond motifs is 3. The molecule has 3 aromatic carbocycles. The van der Waals surface area contributed by atoms with E-state index in [1.807, 2.05) is 23.1 Å². The van der Waals surface area contributed by atoms with Gasteiger partial charge in [-0.15, -0.1) is 0 Å². The predicted octanol–water partition coefficient (Wildman–Crippen LogP) is 4.35. The van der Waals surface area contributed by atoms with E-state index in [4.69, 9.17) is 14.2 Å². The number of rotatable bonds is 7. The van der Waals surface area contributed by atoms with Crippen molar-refractivity contribution in [1.82, 2.24) is 4.90 Å². The number of nitrogens with zero attached hydrogens (tertiary/aromatic N) is 2. The first kappa shape index (κ1) is 25.4. The van der Waals surface area contributed by atoms with Gasteiger partial charge in [0.25, 0.3) is 5.69 Å². The third-order valence-corrected chi connectivity index (χ3v) is 7.68. The molecule has 2 aliphatic rings. The van der Waals surface area contributed by atoms with Crippen molar-refractivity contribution >= 4 is 17.4 Å². The Bertz CT molecular complexity index is 1370. The molecule has 2 heterocycles. The number of hydrogen-bond acceptors (Lipinski definition) is 8. The monoisotopic (exact) mass is 516 g/mol. The van der Waals surface area contributed by atoms with E-state index in [1.54, 1.807) is 50.6 Å². The van der Waals surface area contributed by atoms with Crippen LogP contribution in [-0.4, -0.2) is 55.5 Å². The molecule has 5 rings (SSSR count). The van der Waals surface area contributed by atoms with Crippen molar-refractivity contribution in [2.75, 3.05) is 27.9 Å². The number of hydrogen-bond donors (Lipinski definition) is 0. The topological polar surface area (TPSA) is 108 Å². The number of methoxy groups -OCH3 is 3. The SMILES string of the molecule is COC(=O)[C@@H]1[C@H](c2ccc([N+](=O)[O-])cc2)[C@@H](C(=O)c2ccccc2)[C@H]2c3cc(OC)c(OC)cc3CCN12. The van der Waals surface area contributed by atoms with Gasteiger partial charge in [0.05, 0.1) is 32.2 Å². The third kappa shape index (κ3) is 4.18. The van der Waals surface area contributed by atoms with E-state index < -0.39 is 34.8 Å². The fourth-order valence-corrected chi connectivity index (χ4v) is 6.02. The standard InChI is InChI=1S/C29H28N2O7/c1-36-22-15-19-13-14-30-26(21(19)16-23(22)37-2)25(28(32)18-7-5-4-6-8-18)24(27(30)29(33)38-3)17-9-11-20(12-10-17)31(34)35/h4-12,15-16,24-27H,13-14H2,1-3H3/t24-,25-,26-,27+/m1/s1. The van der Waals surface area contributed by atoms with Gasteiger partial charge in [0.2, 0.25) is 0 Å². The van der Waals surface area contributed by atoms with E-state index in [-0.39, 0.29) is 11.5 Å². The quantitative estimate of drug-likeness (QED) is 0.197. The summed E-state index contributed by atoms with van der Waals surface area (Å²) in [4.78, 5) is 40.5. The minimum atomic E-state index is -0.759. The Balaban J connectivity index is 1.73. The Morgan fingerprint density at radius 2 is 1.61 bits per heavy atom. The van der Waals surface area contributed by atoms with Crippen LogP contribution in [0.25, 0.3) is 0 Å². The van der Waals surface area contributed by atoms with E-state index in [9.17, 15) is 19.7 Å². The largest absolute Gasteiger partial charge is 0.493 e. The molecule has 1 fully saturated rings. The maximum absolute atomic E-state index is 14.3. The van der Waals surface area contributed by atoms with Crippen LogP contribution in [0.3, 0.4) is 0 Å². The Kier molecular flexibility index (Phi) is 6.86. The van der Waals surface area contributed by atoms with Gasteiger partial charge in [0.1, 0.15) is 6.04 Å². The smallest absolute Gasteiger partial charge is 0.323 e. The van der Waals surface area contributed by atoms with Crippen LogP contribution in [0.1, 0.15) is 39.0 Å². The summed E-state index contributed by atoms with van der Waals surface area (Å²) in [7, 11) is 4.47. The Morgan fingerprint density at radius 1 is 0.947 bits per heavy atom. The first-order chi connectivity index (χ1) is 18.4. The lowest BCUT2D eigenvalue weighted by Gasteiger charge is -2.36. The molecule has 0 radical (unpaired) electrons. The van der Waals surface area contributed by atoms with Crippen molar-refractivity contribution in [2.45, 2.75) is 24.4 Å². The zero-order valence-electron chi connectivity index (χ0n) is 21.3. The molecular weight excluding hydrogens is 488 g/mol. The number of ether oxygens (including phenoxy) is 3. The van der Waals surface area contributed by atoms with E-state index in [0.717, 1.165) is 11.1 Å². The van der Waals surface area contributed by atoms with Gasteiger partial charge in [-0.3, -0.25) is 24.6 Å². The molecule has 3 aromatic rings. The second kappa shape index (κ2) is 10.3. The summed E-state index contributed by atoms with van der Waals surface area (Å²) in [5.41, 5.74) is 3.04. The third-order valence-electron chi connectivity index (χ3n) is 7.68. The molecule has 196 valence electrons. The van der Waals surface area contributed by atoms with Gasteiger partial charge in [-0.1, -0.05) is 42.5 Å². The highest BCUT2D eigenvalue weighted by Gasteiger charge is 2.57. The van der Waals surface area contributed by atoms with E-state index in [1.165, 1.54) is 19.2 Å². The fraction of sp³-hybridized carbons (Fsp3) is 0.310. The second-order valence-corrected chi connectivity index (χ2v) is 9.44. The Hall–Kier alpha value is -4.24. The lowest BCUT2D eigenvalue weighted by atomic mass is 9.75. The molecular formula is C29H28N2O7. The van der Waals surface area contributed by atoms with Crippen molar-refractivity contribution in [1.29, 1.82) is 0 Å². The summed E-state index contributed by atoms with van der Waals surface area (Å²) in [6, 6.07) is 17.7. The molecule has 0 N–H and O–H groups in total. The van der Waals surface area contributed by atoms with Crippen LogP contribution in [0, 0.1) is 16.0 Å². The van der Waals surface area contributed by atoms with Crippen molar-refractivity contribution < 1.29 is 28.7 Å². The first-order valence-corrected chi connectivity index (χ1v) is 12.3. The highest BCUT2D eigenvalue weighted by atomic mass is 16.6. The Morgan fingerprint density at radius 3 is 2.21 bits per heavy atom. The van der Waals surface area contributed by atoms with E-state index in [0.29, 0.717) is 35.6 Å². The molecule has 0 aliphatic carbocycles. The van der Waals surface area contributed by atoms with Gasteiger partial charge in [-0.25, -0.2) is 0 Å². The fourth-order valence-electron chi connectivity index (χ4n) is 6.02. The maximum Gasteiger partial charge on any atom is 0.323 e. The number of ketones is 1. The van der Waals surface area contributed by atoms with Crippen LogP contribution in [0.4, 0.5) is 5.69 Å². The van der Waals surface area contributed by atoms with E-state index >= 15 is 0 Å². The molecule has 0 unspecified atom stereocenters. The van der Waals surface area contributed by atoms with Gasteiger partial charge in [0, 0.05) is 36.2 Å². The Labute approximate surface area is 220 Å². The molecule has 0 saturated carbocycles. The minimum Gasteiger partial charge on any atom is -0.493 e. The first-order valence-electron chi connectivity index (χ1n) is 12.3. The van der Waals surface area contributed by atoms with Crippen LogP contribution in [0.15, 0.2) is 66.7 Å². The van der Waals surface area contributed by atoms with Gasteiger partial charge >= 0.3 is 5.97 Å². The predicted molar refractivity (Wildman–Crippen MR) is 139 cm³/mol. The van der Waals surface area contributed by atoms with Crippen molar-refractivity contribution in [3.8, 4) is 11.5 Å². The van der Waals surface area contributed by atoms with Crippen LogP contribution in [0.2, 0.25) is 0 Å². The molecule has 0 aromatic heterocycles. The summed E-state index contributed by atoms with van der Waals surface area (Å²) in [6.45, 7) is 0.523. The zero-order chi connectivity index (χ0) is 27.0. The van der Waals surface area contributed by atoms with Crippen LogP contribution >= 0.6 is 0 Å². The molecule has 38 heavy (non-hydrogen) atoms. The normalized spacial score (nSPS) is 22.2. The van der Waals surface area contributed by atoms with Crippen LogP contribution in [0.5, 0.6) is 11.5 Å². The lowest BCUT2D eigenvalue weighted by molar-refractivity contribution is -0.384. The summed E-state index contributed by atoms with van der Waals surface area (Å²) < 4.78 is 16.4. The number of non-ortho nitro benzene ring substituents is 1. The van der Waals surface area contributed by atoms with Gasteiger partial charge < -0.3 is 14.2 Å². The average molecular weight is 517 g/mol. The van der Waals surface area contributed by atoms with Crippen molar-refractivity contribution in [3.05, 3.63) is 99.1 Å². The lowest BCUT2D eigenvalue weighted by Crippen LogP contribution is -2.43. The molecule has 2 aliphatic heterocycles. The number of carbonyl (C=O) groups excluding carboxylic acids is 2. The number of nitro groups is 1. The van der Waals surface area contributed by atoms with Gasteiger partial charge in [-0.2, -0.15) is 0 Å². The second-order valence-electron chi connectivity index (χ2n) is 9.44. The molecule has 9 heteroatoms. The number of carbonyl (C=O) groups is 2. The minimum absolute atomic E-state index is 0.0628. The van der Waals surface area contributed by atoms with Crippen LogP contribution < -0.4 is 9.47 Å². The zero-order valence-corrected chi connectivity index (χ0v) is 21.3. The number of benzene rings is 3. The number of esters is 1. The molecule has 0 spiro atoms. The number of nitro benzene ring substituents is 1. The number of Topliss-reactive ketones (excluding diaryl/α,β-unsaturated/α-hetero) is 1. The maximum atomic E-state index is 14.3. The summed E-state index contributed by atoms with van der Waals surface area (Å²) in [5.74, 6) is -0.698. The average Bonchev–Trinajstić information content (AvgIpc) is 3.31.